The Morgan fingerprint density at radius 1 is 1.41 bits per heavy atom. The summed E-state index contributed by atoms with van der Waals surface area (Å²) in [4.78, 5) is 21.2. The van der Waals surface area contributed by atoms with Gasteiger partial charge in [-0.15, -0.1) is 0 Å². The van der Waals surface area contributed by atoms with Crippen molar-refractivity contribution in [2.45, 2.75) is 25.8 Å². The third kappa shape index (κ3) is 3.14. The molecule has 5 nitrogen and oxygen atoms in total. The number of carbonyl (C=O) groups is 1. The highest BCUT2D eigenvalue weighted by Crippen LogP contribution is 2.15. The van der Waals surface area contributed by atoms with Crippen molar-refractivity contribution in [1.29, 1.82) is 0 Å². The van der Waals surface area contributed by atoms with E-state index < -0.39 is 5.97 Å². The van der Waals surface area contributed by atoms with E-state index in [2.05, 4.69) is 14.9 Å². The van der Waals surface area contributed by atoms with Gasteiger partial charge < -0.3 is 5.11 Å². The van der Waals surface area contributed by atoms with Crippen molar-refractivity contribution >= 4 is 17.6 Å². The molecule has 1 aliphatic heterocycles. The normalized spacial score (nSPS) is 17.0. The third-order valence-electron chi connectivity index (χ3n) is 2.81. The molecule has 0 amide bonds. The summed E-state index contributed by atoms with van der Waals surface area (Å²) in [5.41, 5.74) is -0.117. The second-order valence-electron chi connectivity index (χ2n) is 4.12. The first-order chi connectivity index (χ1) is 8.16. The van der Waals surface area contributed by atoms with Crippen molar-refractivity contribution in [2.75, 3.05) is 13.1 Å². The molecule has 2 rings (SSSR count). The van der Waals surface area contributed by atoms with Crippen LogP contribution in [0.3, 0.4) is 0 Å². The van der Waals surface area contributed by atoms with Crippen molar-refractivity contribution in [3.05, 3.63) is 22.7 Å². The lowest BCUT2D eigenvalue weighted by molar-refractivity contribution is 0.0689. The molecule has 0 saturated carbocycles. The lowest BCUT2D eigenvalue weighted by atomic mass is 10.1. The van der Waals surface area contributed by atoms with Gasteiger partial charge in [0, 0.05) is 0 Å². The second-order valence-corrected chi connectivity index (χ2v) is 4.53. The van der Waals surface area contributed by atoms with Crippen LogP contribution in [-0.2, 0) is 6.54 Å². The zero-order chi connectivity index (χ0) is 12.3. The van der Waals surface area contributed by atoms with E-state index >= 15 is 0 Å². The van der Waals surface area contributed by atoms with Gasteiger partial charge in [-0.3, -0.25) is 4.90 Å². The number of likely N-dealkylation sites (tertiary alicyclic amines) is 1. The topological polar surface area (TPSA) is 66.3 Å². The van der Waals surface area contributed by atoms with Crippen LogP contribution in [0.25, 0.3) is 0 Å². The maximum Gasteiger partial charge on any atom is 0.356 e. The van der Waals surface area contributed by atoms with Gasteiger partial charge in [-0.1, -0.05) is 18.0 Å². The average molecular weight is 256 g/mol. The van der Waals surface area contributed by atoms with E-state index in [4.69, 9.17) is 16.7 Å². The Morgan fingerprint density at radius 2 is 2.12 bits per heavy atom. The van der Waals surface area contributed by atoms with Gasteiger partial charge in [0.25, 0.3) is 0 Å². The first-order valence-corrected chi connectivity index (χ1v) is 6.01. The van der Waals surface area contributed by atoms with E-state index in [9.17, 15) is 4.79 Å². The molecule has 1 fully saturated rings. The lowest BCUT2D eigenvalue weighted by Gasteiger charge is -2.25. The van der Waals surface area contributed by atoms with Crippen molar-refractivity contribution in [3.63, 3.8) is 0 Å². The fourth-order valence-corrected chi connectivity index (χ4v) is 2.12. The standard InChI is InChI=1S/C11H14ClN3O2/c12-8-6-13-9(14-10(8)11(16)17)7-15-4-2-1-3-5-15/h6H,1-5,7H2,(H,16,17). The Bertz CT molecular complexity index is 419. The van der Waals surface area contributed by atoms with Crippen molar-refractivity contribution in [1.82, 2.24) is 14.9 Å². The maximum atomic E-state index is 10.9. The van der Waals surface area contributed by atoms with Gasteiger partial charge >= 0.3 is 5.97 Å². The second kappa shape index (κ2) is 5.42. The van der Waals surface area contributed by atoms with Crippen molar-refractivity contribution in [2.24, 2.45) is 0 Å². The zero-order valence-electron chi connectivity index (χ0n) is 9.40. The quantitative estimate of drug-likeness (QED) is 0.892. The summed E-state index contributed by atoms with van der Waals surface area (Å²) >= 11 is 5.71. The van der Waals surface area contributed by atoms with Gasteiger partial charge in [-0.2, -0.15) is 0 Å². The molecule has 1 saturated heterocycles. The molecule has 0 aliphatic carbocycles. The molecule has 0 bridgehead atoms. The van der Waals surface area contributed by atoms with Gasteiger partial charge in [0.15, 0.2) is 5.69 Å². The van der Waals surface area contributed by atoms with Gasteiger partial charge in [0.05, 0.1) is 17.8 Å². The first kappa shape index (κ1) is 12.3. The third-order valence-corrected chi connectivity index (χ3v) is 3.09. The molecule has 17 heavy (non-hydrogen) atoms. The van der Waals surface area contributed by atoms with Gasteiger partial charge in [0.2, 0.25) is 0 Å². The summed E-state index contributed by atoms with van der Waals surface area (Å²) < 4.78 is 0. The molecule has 2 heterocycles. The highest BCUT2D eigenvalue weighted by Gasteiger charge is 2.15. The van der Waals surface area contributed by atoms with Crippen molar-refractivity contribution in [3.8, 4) is 0 Å². The molecular formula is C11H14ClN3O2. The van der Waals surface area contributed by atoms with E-state index in [-0.39, 0.29) is 10.7 Å². The molecule has 1 aromatic rings. The molecule has 92 valence electrons. The number of piperidine rings is 1. The summed E-state index contributed by atoms with van der Waals surface area (Å²) in [6.07, 6.45) is 4.98. The van der Waals surface area contributed by atoms with E-state index in [0.717, 1.165) is 13.1 Å². The molecule has 1 N–H and O–H groups in total. The molecule has 0 aromatic carbocycles. The lowest BCUT2D eigenvalue weighted by Crippen LogP contribution is -2.30. The summed E-state index contributed by atoms with van der Waals surface area (Å²) in [5, 5.41) is 8.99. The molecule has 0 unspecified atom stereocenters. The van der Waals surface area contributed by atoms with Crippen LogP contribution in [0.5, 0.6) is 0 Å². The molecule has 1 aromatic heterocycles. The minimum absolute atomic E-state index is 0.0832. The molecule has 6 heteroatoms. The first-order valence-electron chi connectivity index (χ1n) is 5.64. The summed E-state index contributed by atoms with van der Waals surface area (Å²) in [6, 6.07) is 0. The number of halogens is 1. The number of hydrogen-bond acceptors (Lipinski definition) is 4. The molecule has 0 radical (unpaired) electrons. The number of carboxylic acid groups (broad SMARTS) is 1. The number of nitrogens with zero attached hydrogens (tertiary/aromatic N) is 3. The zero-order valence-corrected chi connectivity index (χ0v) is 10.2. The molecular weight excluding hydrogens is 242 g/mol. The molecule has 0 spiro atoms. The largest absolute Gasteiger partial charge is 0.476 e. The number of rotatable bonds is 3. The van der Waals surface area contributed by atoms with Crippen LogP contribution < -0.4 is 0 Å². The van der Waals surface area contributed by atoms with Crippen molar-refractivity contribution < 1.29 is 9.90 Å². The smallest absolute Gasteiger partial charge is 0.356 e. The highest BCUT2D eigenvalue weighted by molar-refractivity contribution is 6.33. The predicted octanol–water partition coefficient (Wildman–Crippen LogP) is 1.81. The van der Waals surface area contributed by atoms with Crippen LogP contribution in [0.1, 0.15) is 35.6 Å². The van der Waals surface area contributed by atoms with E-state index in [0.29, 0.717) is 12.4 Å². The van der Waals surface area contributed by atoms with Gasteiger partial charge in [0.1, 0.15) is 5.82 Å². The number of carboxylic acids is 1. The fourth-order valence-electron chi connectivity index (χ4n) is 1.95. The fraction of sp³-hybridized carbons (Fsp3) is 0.545. The number of aromatic nitrogens is 2. The van der Waals surface area contributed by atoms with Gasteiger partial charge in [-0.25, -0.2) is 14.8 Å². The number of hydrogen-bond donors (Lipinski definition) is 1. The van der Waals surface area contributed by atoms with E-state index in [1.165, 1.54) is 25.5 Å². The minimum atomic E-state index is -1.11. The summed E-state index contributed by atoms with van der Waals surface area (Å²) in [6.45, 7) is 2.64. The van der Waals surface area contributed by atoms with Crippen LogP contribution in [0.4, 0.5) is 0 Å². The summed E-state index contributed by atoms with van der Waals surface area (Å²) in [5.74, 6) is -0.592. The average Bonchev–Trinajstić information content (AvgIpc) is 2.32. The Morgan fingerprint density at radius 3 is 2.76 bits per heavy atom. The maximum absolute atomic E-state index is 10.9. The number of aromatic carboxylic acids is 1. The van der Waals surface area contributed by atoms with Crippen LogP contribution in [0, 0.1) is 0 Å². The Labute approximate surface area is 104 Å². The minimum Gasteiger partial charge on any atom is -0.476 e. The molecule has 0 atom stereocenters. The van der Waals surface area contributed by atoms with E-state index in [1.54, 1.807) is 0 Å². The monoisotopic (exact) mass is 255 g/mol. The Hall–Kier alpha value is -1.20. The van der Waals surface area contributed by atoms with Gasteiger partial charge in [-0.05, 0) is 25.9 Å². The Kier molecular flexibility index (Phi) is 3.91. The molecule has 1 aliphatic rings. The highest BCUT2D eigenvalue weighted by atomic mass is 35.5. The van der Waals surface area contributed by atoms with E-state index in [1.807, 2.05) is 0 Å². The SMILES string of the molecule is O=C(O)c1nc(CN2CCCCC2)ncc1Cl. The predicted molar refractivity (Wildman–Crippen MR) is 63.1 cm³/mol. The van der Waals surface area contributed by atoms with Crippen LogP contribution >= 0.6 is 11.6 Å². The Balaban J connectivity index is 2.10. The van der Waals surface area contributed by atoms with Crippen LogP contribution in [0.15, 0.2) is 6.20 Å². The van der Waals surface area contributed by atoms with Crippen LogP contribution in [0.2, 0.25) is 5.02 Å². The van der Waals surface area contributed by atoms with Crippen LogP contribution in [-0.4, -0.2) is 39.0 Å². The summed E-state index contributed by atoms with van der Waals surface area (Å²) in [7, 11) is 0.